The molecule has 0 bridgehead atoms. The minimum Gasteiger partial charge on any atom is -0.497 e. The summed E-state index contributed by atoms with van der Waals surface area (Å²) in [5, 5.41) is 4.47. The van der Waals surface area contributed by atoms with Crippen molar-refractivity contribution in [1.82, 2.24) is 0 Å². The molecule has 0 unspecified atom stereocenters. The van der Waals surface area contributed by atoms with Crippen molar-refractivity contribution in [2.45, 2.75) is 0 Å². The molecule has 0 amide bonds. The lowest BCUT2D eigenvalue weighted by atomic mass is 9.99. The van der Waals surface area contributed by atoms with E-state index >= 15 is 0 Å². The monoisotopic (exact) mass is 723 g/mol. The molecule has 0 aliphatic carbocycles. The van der Waals surface area contributed by atoms with Crippen LogP contribution in [0.2, 0.25) is 0 Å². The van der Waals surface area contributed by atoms with E-state index in [1.54, 1.807) is 7.11 Å². The summed E-state index contributed by atoms with van der Waals surface area (Å²) in [6.45, 7) is 0. The van der Waals surface area contributed by atoms with E-state index in [-0.39, 0.29) is 0 Å². The van der Waals surface area contributed by atoms with Gasteiger partial charge in [0.2, 0.25) is 0 Å². The first-order valence-electron chi connectivity index (χ1n) is 15.0. The maximum absolute atomic E-state index is 6.80. The highest BCUT2D eigenvalue weighted by atomic mass is 79.9. The van der Waals surface area contributed by atoms with Crippen LogP contribution in [0.15, 0.2) is 159 Å². The van der Waals surface area contributed by atoms with E-state index < -0.39 is 0 Å². The molecule has 5 heteroatoms. The summed E-state index contributed by atoms with van der Waals surface area (Å²) in [4.78, 5) is 2.24. The second-order valence-electron chi connectivity index (χ2n) is 11.2. The smallest absolute Gasteiger partial charge is 0.144 e. The van der Waals surface area contributed by atoms with Gasteiger partial charge < -0.3 is 14.1 Å². The van der Waals surface area contributed by atoms with Crippen LogP contribution in [0.3, 0.4) is 0 Å². The van der Waals surface area contributed by atoms with Crippen molar-refractivity contribution in [1.29, 1.82) is 0 Å². The SMILES string of the molecule is COc1cccc(N(c2cccc(-c3ccccc3)c2)c2cc(Br)c3c(c2)oc2c(-c4ccc5ccccc5c4)ccc(Br)c23)c1. The lowest BCUT2D eigenvalue weighted by Gasteiger charge is -2.26. The van der Waals surface area contributed by atoms with E-state index in [4.69, 9.17) is 9.15 Å². The zero-order valence-corrected chi connectivity index (χ0v) is 28.0. The Morgan fingerprint density at radius 3 is 2.09 bits per heavy atom. The number of hydrogen-bond acceptors (Lipinski definition) is 3. The topological polar surface area (TPSA) is 25.6 Å². The number of hydrogen-bond donors (Lipinski definition) is 0. The van der Waals surface area contributed by atoms with Crippen LogP contribution in [0, 0.1) is 0 Å². The fourth-order valence-corrected chi connectivity index (χ4v) is 7.40. The second kappa shape index (κ2) is 11.8. The Labute approximate surface area is 283 Å². The molecular formula is C41H27Br2NO2. The Hall–Kier alpha value is -4.84. The number of ether oxygens (including phenoxy) is 1. The first-order valence-corrected chi connectivity index (χ1v) is 16.6. The molecule has 1 aromatic heterocycles. The predicted octanol–water partition coefficient (Wildman–Crippen LogP) is 13.1. The van der Waals surface area contributed by atoms with Crippen LogP contribution in [0.1, 0.15) is 0 Å². The molecule has 8 rings (SSSR count). The summed E-state index contributed by atoms with van der Waals surface area (Å²) >= 11 is 7.80. The molecule has 0 aliphatic heterocycles. The highest BCUT2D eigenvalue weighted by Gasteiger charge is 2.21. The Morgan fingerprint density at radius 1 is 0.522 bits per heavy atom. The van der Waals surface area contributed by atoms with Crippen molar-refractivity contribution in [2.24, 2.45) is 0 Å². The summed E-state index contributed by atoms with van der Waals surface area (Å²) in [5.41, 5.74) is 9.06. The van der Waals surface area contributed by atoms with Crippen LogP contribution in [0.5, 0.6) is 5.75 Å². The number of furan rings is 1. The van der Waals surface area contributed by atoms with Gasteiger partial charge in [-0.05, 0) is 91.9 Å². The molecule has 0 atom stereocenters. The zero-order valence-electron chi connectivity index (χ0n) is 24.9. The lowest BCUT2D eigenvalue weighted by Crippen LogP contribution is -2.10. The average Bonchev–Trinajstić information content (AvgIpc) is 3.50. The third-order valence-corrected chi connectivity index (χ3v) is 9.74. The van der Waals surface area contributed by atoms with Crippen molar-refractivity contribution >= 4 is 81.6 Å². The molecule has 0 saturated carbocycles. The molecule has 0 N–H and O–H groups in total. The van der Waals surface area contributed by atoms with Crippen molar-refractivity contribution < 1.29 is 9.15 Å². The van der Waals surface area contributed by atoms with Gasteiger partial charge in [-0.15, -0.1) is 0 Å². The predicted molar refractivity (Wildman–Crippen MR) is 199 cm³/mol. The van der Waals surface area contributed by atoms with E-state index in [2.05, 4.69) is 164 Å². The number of rotatable bonds is 6. The minimum atomic E-state index is 0.787. The summed E-state index contributed by atoms with van der Waals surface area (Å²) in [6, 6.07) is 50.7. The van der Waals surface area contributed by atoms with Gasteiger partial charge in [-0.3, -0.25) is 0 Å². The molecule has 0 saturated heterocycles. The van der Waals surface area contributed by atoms with Gasteiger partial charge in [0.05, 0.1) is 12.8 Å². The molecule has 7 aromatic carbocycles. The first-order chi connectivity index (χ1) is 22.6. The Bertz CT molecular complexity index is 2400. The molecule has 46 heavy (non-hydrogen) atoms. The van der Waals surface area contributed by atoms with E-state index in [1.807, 2.05) is 18.2 Å². The maximum Gasteiger partial charge on any atom is 0.144 e. The lowest BCUT2D eigenvalue weighted by molar-refractivity contribution is 0.415. The Kier molecular flexibility index (Phi) is 7.36. The van der Waals surface area contributed by atoms with Gasteiger partial charge in [0.25, 0.3) is 0 Å². The van der Waals surface area contributed by atoms with Crippen LogP contribution in [0.4, 0.5) is 17.1 Å². The summed E-state index contributed by atoms with van der Waals surface area (Å²) in [7, 11) is 1.70. The second-order valence-corrected chi connectivity index (χ2v) is 12.9. The molecule has 1 heterocycles. The van der Waals surface area contributed by atoms with E-state index in [9.17, 15) is 0 Å². The quantitative estimate of drug-likeness (QED) is 0.171. The van der Waals surface area contributed by atoms with Gasteiger partial charge in [0, 0.05) is 48.8 Å². The van der Waals surface area contributed by atoms with Gasteiger partial charge in [0.1, 0.15) is 16.9 Å². The number of benzene rings is 7. The molecule has 222 valence electrons. The van der Waals surface area contributed by atoms with E-state index in [0.29, 0.717) is 0 Å². The van der Waals surface area contributed by atoms with Crippen molar-refractivity contribution in [2.75, 3.05) is 12.0 Å². The average molecular weight is 725 g/mol. The van der Waals surface area contributed by atoms with E-state index in [1.165, 1.54) is 10.8 Å². The molecule has 0 radical (unpaired) electrons. The van der Waals surface area contributed by atoms with Crippen LogP contribution in [0.25, 0.3) is 55.0 Å². The van der Waals surface area contributed by atoms with E-state index in [0.717, 1.165) is 75.9 Å². The summed E-state index contributed by atoms with van der Waals surface area (Å²) in [5.74, 6) is 0.787. The number of halogens is 2. The van der Waals surface area contributed by atoms with Gasteiger partial charge >= 0.3 is 0 Å². The van der Waals surface area contributed by atoms with Crippen LogP contribution in [-0.4, -0.2) is 7.11 Å². The van der Waals surface area contributed by atoms with Gasteiger partial charge in [-0.2, -0.15) is 0 Å². The molecule has 0 spiro atoms. The molecule has 0 aliphatic rings. The minimum absolute atomic E-state index is 0.787. The highest BCUT2D eigenvalue weighted by molar-refractivity contribution is 9.11. The number of nitrogens with zero attached hydrogens (tertiary/aromatic N) is 1. The Balaban J connectivity index is 1.34. The molecule has 0 fully saturated rings. The normalized spacial score (nSPS) is 11.4. The molecular weight excluding hydrogens is 698 g/mol. The summed E-state index contributed by atoms with van der Waals surface area (Å²) < 4.78 is 14.4. The number of fused-ring (bicyclic) bond motifs is 4. The zero-order chi connectivity index (χ0) is 31.2. The fraction of sp³-hybridized carbons (Fsp3) is 0.0244. The molecule has 3 nitrogen and oxygen atoms in total. The number of anilines is 3. The maximum atomic E-state index is 6.80. The van der Waals surface area contributed by atoms with Gasteiger partial charge in [0.15, 0.2) is 0 Å². The van der Waals surface area contributed by atoms with Crippen molar-refractivity contribution in [3.05, 3.63) is 155 Å². The third kappa shape index (κ3) is 5.06. The largest absolute Gasteiger partial charge is 0.497 e. The first kappa shape index (κ1) is 28.6. The third-order valence-electron chi connectivity index (χ3n) is 8.45. The van der Waals surface area contributed by atoms with Gasteiger partial charge in [-0.1, -0.05) is 101 Å². The standard InChI is InChI=1S/C41H27Br2NO2/c1-45-34-16-8-15-32(23-34)44(31-14-7-13-29(22-31)26-9-3-2-4-10-26)33-24-37(43)39-38(25-33)46-41-35(19-20-36(42)40(39)41)30-18-17-27-11-5-6-12-28(27)21-30/h2-25H,1H3. The van der Waals surface area contributed by atoms with Gasteiger partial charge in [-0.25, -0.2) is 0 Å². The molecule has 8 aromatic rings. The highest BCUT2D eigenvalue weighted by Crippen LogP contribution is 2.46. The van der Waals surface area contributed by atoms with Crippen LogP contribution < -0.4 is 9.64 Å². The fourth-order valence-electron chi connectivity index (χ4n) is 6.26. The van der Waals surface area contributed by atoms with Crippen molar-refractivity contribution in [3.63, 3.8) is 0 Å². The van der Waals surface area contributed by atoms with Crippen LogP contribution >= 0.6 is 31.9 Å². The summed E-state index contributed by atoms with van der Waals surface area (Å²) in [6.07, 6.45) is 0. The van der Waals surface area contributed by atoms with Crippen molar-refractivity contribution in [3.8, 4) is 28.0 Å². The number of methoxy groups -OCH3 is 1. The van der Waals surface area contributed by atoms with Crippen LogP contribution in [-0.2, 0) is 0 Å². The Morgan fingerprint density at radius 2 is 1.26 bits per heavy atom.